The second kappa shape index (κ2) is 6.34. The van der Waals surface area contributed by atoms with E-state index in [-0.39, 0.29) is 10.8 Å². The maximum Gasteiger partial charge on any atom is 0.0578 e. The van der Waals surface area contributed by atoms with E-state index in [4.69, 9.17) is 5.84 Å². The van der Waals surface area contributed by atoms with E-state index in [1.54, 1.807) is 0 Å². The highest BCUT2D eigenvalue weighted by Gasteiger charge is 2.37. The van der Waals surface area contributed by atoms with Crippen LogP contribution in [0.3, 0.4) is 0 Å². The molecule has 0 saturated carbocycles. The number of hydrogen-bond donors (Lipinski definition) is 1. The summed E-state index contributed by atoms with van der Waals surface area (Å²) >= 11 is 0. The Morgan fingerprint density at radius 2 is 0.875 bits per heavy atom. The van der Waals surface area contributed by atoms with Gasteiger partial charge >= 0.3 is 0 Å². The summed E-state index contributed by atoms with van der Waals surface area (Å²) in [5, 5.41) is 1.83. The number of rotatable bonds is 2. The summed E-state index contributed by atoms with van der Waals surface area (Å²) in [6, 6.07) is 30.7. The average molecular weight is 417 g/mol. The molecule has 158 valence electrons. The Kier molecular flexibility index (Phi) is 3.83. The van der Waals surface area contributed by atoms with E-state index in [9.17, 15) is 0 Å². The van der Waals surface area contributed by atoms with Gasteiger partial charge in [-0.25, -0.2) is 5.84 Å². The summed E-state index contributed by atoms with van der Waals surface area (Å²) in [4.78, 5) is 0. The summed E-state index contributed by atoms with van der Waals surface area (Å²) in [6.45, 7) is 9.21. The lowest BCUT2D eigenvalue weighted by Crippen LogP contribution is -2.26. The molecule has 0 aliphatic heterocycles. The standard InChI is InChI=1S/C30H28N2/c1-29(2)25-11-7-5-9-21(25)23-15-13-19(17-27(23)29)32(31)20-14-16-24-22-10-6-8-12-26(22)30(3,4)28(24)18-20/h5-18H,31H2,1-4H3. The first kappa shape index (κ1) is 19.3. The molecule has 0 atom stereocenters. The molecule has 0 heterocycles. The van der Waals surface area contributed by atoms with Crippen LogP contribution >= 0.6 is 0 Å². The van der Waals surface area contributed by atoms with Gasteiger partial charge in [0.05, 0.1) is 11.4 Å². The van der Waals surface area contributed by atoms with Crippen LogP contribution in [0.4, 0.5) is 11.4 Å². The first-order valence-corrected chi connectivity index (χ1v) is 11.3. The van der Waals surface area contributed by atoms with Crippen LogP contribution in [0.1, 0.15) is 49.9 Å². The molecule has 0 saturated heterocycles. The average Bonchev–Trinajstić information content (AvgIpc) is 3.18. The molecule has 0 unspecified atom stereocenters. The number of fused-ring (bicyclic) bond motifs is 6. The highest BCUT2D eigenvalue weighted by Crippen LogP contribution is 2.51. The van der Waals surface area contributed by atoms with E-state index < -0.39 is 0 Å². The second-order valence-electron chi connectivity index (χ2n) is 10.2. The van der Waals surface area contributed by atoms with Crippen LogP contribution < -0.4 is 10.9 Å². The molecule has 0 bridgehead atoms. The fourth-order valence-corrected chi connectivity index (χ4v) is 5.83. The van der Waals surface area contributed by atoms with Crippen molar-refractivity contribution < 1.29 is 0 Å². The molecule has 2 N–H and O–H groups in total. The highest BCUT2D eigenvalue weighted by molar-refractivity contribution is 5.85. The summed E-state index contributed by atoms with van der Waals surface area (Å²) in [6.07, 6.45) is 0. The third-order valence-corrected chi connectivity index (χ3v) is 7.69. The summed E-state index contributed by atoms with van der Waals surface area (Å²) < 4.78 is 0. The predicted molar refractivity (Wildman–Crippen MR) is 134 cm³/mol. The number of hydrogen-bond acceptors (Lipinski definition) is 2. The molecule has 2 nitrogen and oxygen atoms in total. The smallest absolute Gasteiger partial charge is 0.0578 e. The van der Waals surface area contributed by atoms with Gasteiger partial charge in [-0.1, -0.05) is 88.4 Å². The molecule has 0 radical (unpaired) electrons. The monoisotopic (exact) mass is 416 g/mol. The maximum atomic E-state index is 6.73. The first-order valence-electron chi connectivity index (χ1n) is 11.3. The zero-order valence-corrected chi connectivity index (χ0v) is 19.1. The number of nitrogens with two attached hydrogens (primary N) is 1. The van der Waals surface area contributed by atoms with Gasteiger partial charge in [0.2, 0.25) is 0 Å². The fourth-order valence-electron chi connectivity index (χ4n) is 5.83. The van der Waals surface area contributed by atoms with Crippen LogP contribution in [0.5, 0.6) is 0 Å². The molecule has 2 heteroatoms. The van der Waals surface area contributed by atoms with Crippen molar-refractivity contribution in [2.45, 2.75) is 38.5 Å². The molecule has 4 aromatic rings. The molecule has 32 heavy (non-hydrogen) atoms. The molecular weight excluding hydrogens is 388 g/mol. The number of benzene rings is 4. The largest absolute Gasteiger partial charge is 0.280 e. The zero-order chi connectivity index (χ0) is 22.3. The lowest BCUT2D eigenvalue weighted by atomic mass is 9.82. The molecule has 6 rings (SSSR count). The number of anilines is 2. The minimum absolute atomic E-state index is 0.0374. The van der Waals surface area contributed by atoms with Gasteiger partial charge in [0, 0.05) is 10.8 Å². The lowest BCUT2D eigenvalue weighted by Gasteiger charge is -2.26. The third kappa shape index (κ3) is 2.44. The van der Waals surface area contributed by atoms with Gasteiger partial charge in [0.25, 0.3) is 0 Å². The number of hydrazine groups is 1. The van der Waals surface area contributed by atoms with Crippen molar-refractivity contribution in [1.82, 2.24) is 0 Å². The molecule has 0 spiro atoms. The first-order chi connectivity index (χ1) is 15.3. The van der Waals surface area contributed by atoms with Gasteiger partial charge in [-0.15, -0.1) is 0 Å². The van der Waals surface area contributed by atoms with Crippen LogP contribution in [0, 0.1) is 0 Å². The molecule has 0 fully saturated rings. The minimum Gasteiger partial charge on any atom is -0.280 e. The van der Waals surface area contributed by atoms with E-state index in [2.05, 4.69) is 113 Å². The molecule has 0 amide bonds. The van der Waals surface area contributed by atoms with Gasteiger partial charge in [0.15, 0.2) is 0 Å². The van der Waals surface area contributed by atoms with Gasteiger partial charge in [0.1, 0.15) is 0 Å². The van der Waals surface area contributed by atoms with Crippen molar-refractivity contribution in [3.05, 3.63) is 107 Å². The van der Waals surface area contributed by atoms with Crippen LogP contribution in [-0.4, -0.2) is 0 Å². The normalized spacial score (nSPS) is 16.2. The zero-order valence-electron chi connectivity index (χ0n) is 19.1. The van der Waals surface area contributed by atoms with Crippen molar-refractivity contribution in [1.29, 1.82) is 0 Å². The van der Waals surface area contributed by atoms with E-state index in [1.807, 2.05) is 5.01 Å². The Bertz CT molecular complexity index is 1290. The highest BCUT2D eigenvalue weighted by atomic mass is 15.4. The maximum absolute atomic E-state index is 6.73. The van der Waals surface area contributed by atoms with E-state index >= 15 is 0 Å². The van der Waals surface area contributed by atoms with Crippen LogP contribution in [-0.2, 0) is 10.8 Å². The molecule has 2 aliphatic rings. The number of nitrogens with zero attached hydrogens (tertiary/aromatic N) is 1. The Morgan fingerprint density at radius 1 is 0.500 bits per heavy atom. The summed E-state index contributed by atoms with van der Waals surface area (Å²) in [5.41, 5.74) is 12.7. The van der Waals surface area contributed by atoms with Crippen molar-refractivity contribution in [2.75, 3.05) is 5.01 Å². The van der Waals surface area contributed by atoms with Crippen LogP contribution in [0.25, 0.3) is 22.3 Å². The summed E-state index contributed by atoms with van der Waals surface area (Å²) in [5.74, 6) is 6.73. The van der Waals surface area contributed by atoms with Gasteiger partial charge < -0.3 is 0 Å². The third-order valence-electron chi connectivity index (χ3n) is 7.69. The van der Waals surface area contributed by atoms with Crippen molar-refractivity contribution in [2.24, 2.45) is 5.84 Å². The molecular formula is C30H28N2. The van der Waals surface area contributed by atoms with Crippen molar-refractivity contribution in [3.8, 4) is 22.3 Å². The van der Waals surface area contributed by atoms with E-state index in [1.165, 1.54) is 44.5 Å². The molecule has 2 aliphatic carbocycles. The predicted octanol–water partition coefficient (Wildman–Crippen LogP) is 7.31. The van der Waals surface area contributed by atoms with E-state index in [0.717, 1.165) is 11.4 Å². The Labute approximate surface area is 190 Å². The van der Waals surface area contributed by atoms with Gasteiger partial charge in [-0.2, -0.15) is 0 Å². The van der Waals surface area contributed by atoms with E-state index in [0.29, 0.717) is 0 Å². The Morgan fingerprint density at radius 3 is 1.31 bits per heavy atom. The fraction of sp³-hybridized carbons (Fsp3) is 0.200. The van der Waals surface area contributed by atoms with Crippen LogP contribution in [0.15, 0.2) is 84.9 Å². The SMILES string of the molecule is CC1(C)c2ccccc2-c2ccc(N(N)c3ccc4c(c3)C(C)(C)c3ccccc3-4)cc21. The van der Waals surface area contributed by atoms with Gasteiger partial charge in [-0.05, 0) is 68.8 Å². The lowest BCUT2D eigenvalue weighted by molar-refractivity contribution is 0.659. The molecule has 4 aromatic carbocycles. The van der Waals surface area contributed by atoms with Crippen molar-refractivity contribution >= 4 is 11.4 Å². The minimum atomic E-state index is -0.0374. The summed E-state index contributed by atoms with van der Waals surface area (Å²) in [7, 11) is 0. The Balaban J connectivity index is 1.43. The van der Waals surface area contributed by atoms with Crippen LogP contribution in [0.2, 0.25) is 0 Å². The van der Waals surface area contributed by atoms with Crippen molar-refractivity contribution in [3.63, 3.8) is 0 Å². The van der Waals surface area contributed by atoms with Gasteiger partial charge in [-0.3, -0.25) is 5.01 Å². The molecule has 0 aromatic heterocycles. The second-order valence-corrected chi connectivity index (χ2v) is 10.2. The topological polar surface area (TPSA) is 29.3 Å². The Hall–Kier alpha value is -3.36. The quantitative estimate of drug-likeness (QED) is 0.274.